The molecule has 1 unspecified atom stereocenters. The van der Waals surface area contributed by atoms with Crippen LogP contribution in [0.25, 0.3) is 0 Å². The summed E-state index contributed by atoms with van der Waals surface area (Å²) in [6, 6.07) is 2.55. The predicted molar refractivity (Wildman–Crippen MR) is 89.7 cm³/mol. The summed E-state index contributed by atoms with van der Waals surface area (Å²) >= 11 is 0. The maximum Gasteiger partial charge on any atom is 0.407 e. The van der Waals surface area contributed by atoms with Gasteiger partial charge in [-0.25, -0.2) is 9.78 Å². The molecule has 2 aliphatic heterocycles. The summed E-state index contributed by atoms with van der Waals surface area (Å²) < 4.78 is 0. The Kier molecular flexibility index (Phi) is 5.01. The quantitative estimate of drug-likeness (QED) is 0.614. The number of amides is 4. The van der Waals surface area contributed by atoms with Crippen LogP contribution in [0.3, 0.4) is 0 Å². The van der Waals surface area contributed by atoms with E-state index in [0.29, 0.717) is 26.2 Å². The molecule has 1 aromatic heterocycles. The number of nitrogens with zero attached hydrogens (tertiary/aromatic N) is 3. The van der Waals surface area contributed by atoms with Gasteiger partial charge in [0.2, 0.25) is 11.8 Å². The van der Waals surface area contributed by atoms with E-state index in [9.17, 15) is 19.2 Å². The fraction of sp³-hybridized carbons (Fsp3) is 0.438. The van der Waals surface area contributed by atoms with Gasteiger partial charge in [-0.3, -0.25) is 19.7 Å². The second-order valence-corrected chi connectivity index (χ2v) is 6.14. The Labute approximate surface area is 149 Å². The van der Waals surface area contributed by atoms with Crippen molar-refractivity contribution in [3.63, 3.8) is 0 Å². The standard InChI is InChI=1S/C16H19N5O5/c22-13-4-3-12(15(24)19-13)18-14(23)11-2-1-10(9-17-11)20-5-7-21(8-6-20)16(25)26/h1-2,9,12H,3-8H2,(H,18,23)(H,25,26)(H,19,22,24). The zero-order chi connectivity index (χ0) is 18.7. The number of rotatable bonds is 3. The predicted octanol–water partition coefficient (Wildman–Crippen LogP) is -0.583. The molecule has 10 nitrogen and oxygen atoms in total. The molecule has 3 N–H and O–H groups in total. The number of piperidine rings is 1. The monoisotopic (exact) mass is 361 g/mol. The molecule has 3 heterocycles. The van der Waals surface area contributed by atoms with Crippen molar-refractivity contribution in [2.24, 2.45) is 0 Å². The average Bonchev–Trinajstić information content (AvgIpc) is 2.64. The van der Waals surface area contributed by atoms with E-state index in [0.717, 1.165) is 5.69 Å². The van der Waals surface area contributed by atoms with E-state index in [1.165, 1.54) is 4.90 Å². The minimum atomic E-state index is -0.928. The Bertz CT molecular complexity index is 727. The number of nitrogens with one attached hydrogen (secondary N) is 2. The number of anilines is 1. The van der Waals surface area contributed by atoms with Crippen LogP contribution in [0, 0.1) is 0 Å². The Morgan fingerprint density at radius 1 is 1.19 bits per heavy atom. The van der Waals surface area contributed by atoms with Crippen LogP contribution in [0.15, 0.2) is 18.3 Å². The molecule has 1 atom stereocenters. The molecule has 1 aromatic rings. The SMILES string of the molecule is O=C1CCC(NC(=O)c2ccc(N3CCN(C(=O)O)CC3)cn2)C(=O)N1. The second kappa shape index (κ2) is 7.38. The number of hydrogen-bond donors (Lipinski definition) is 3. The number of hydrogen-bond acceptors (Lipinski definition) is 6. The van der Waals surface area contributed by atoms with Crippen molar-refractivity contribution in [2.45, 2.75) is 18.9 Å². The van der Waals surface area contributed by atoms with E-state index >= 15 is 0 Å². The van der Waals surface area contributed by atoms with Crippen LogP contribution in [-0.2, 0) is 9.59 Å². The summed E-state index contributed by atoms with van der Waals surface area (Å²) in [7, 11) is 0. The maximum absolute atomic E-state index is 12.2. The van der Waals surface area contributed by atoms with Gasteiger partial charge in [-0.05, 0) is 18.6 Å². The van der Waals surface area contributed by atoms with Crippen molar-refractivity contribution in [1.82, 2.24) is 20.5 Å². The van der Waals surface area contributed by atoms with Crippen molar-refractivity contribution in [3.05, 3.63) is 24.0 Å². The summed E-state index contributed by atoms with van der Waals surface area (Å²) in [5.74, 6) is -1.34. The first kappa shape index (κ1) is 17.6. The first-order chi connectivity index (χ1) is 12.4. The molecule has 0 bridgehead atoms. The minimum Gasteiger partial charge on any atom is -0.465 e. The molecular weight excluding hydrogens is 342 g/mol. The molecule has 0 aliphatic carbocycles. The lowest BCUT2D eigenvalue weighted by Crippen LogP contribution is -2.52. The molecule has 10 heteroatoms. The molecule has 0 radical (unpaired) electrons. The highest BCUT2D eigenvalue weighted by Crippen LogP contribution is 2.16. The number of imide groups is 1. The fourth-order valence-corrected chi connectivity index (χ4v) is 2.93. The van der Waals surface area contributed by atoms with Crippen molar-refractivity contribution < 1.29 is 24.3 Å². The van der Waals surface area contributed by atoms with Crippen LogP contribution in [0.5, 0.6) is 0 Å². The number of piperazine rings is 1. The van der Waals surface area contributed by atoms with Gasteiger partial charge in [0.05, 0.1) is 11.9 Å². The van der Waals surface area contributed by atoms with Crippen LogP contribution in [-0.4, -0.2) is 71.0 Å². The van der Waals surface area contributed by atoms with Crippen molar-refractivity contribution in [2.75, 3.05) is 31.1 Å². The molecular formula is C16H19N5O5. The molecule has 0 spiro atoms. The lowest BCUT2D eigenvalue weighted by atomic mass is 10.1. The van der Waals surface area contributed by atoms with E-state index in [4.69, 9.17) is 5.11 Å². The molecule has 2 saturated heterocycles. The minimum absolute atomic E-state index is 0.169. The number of carbonyl (C=O) groups excluding carboxylic acids is 3. The Morgan fingerprint density at radius 3 is 2.50 bits per heavy atom. The van der Waals surface area contributed by atoms with E-state index in [2.05, 4.69) is 15.6 Å². The van der Waals surface area contributed by atoms with Crippen molar-refractivity contribution >= 4 is 29.5 Å². The molecule has 2 fully saturated rings. The normalized spacial score (nSPS) is 20.5. The van der Waals surface area contributed by atoms with Gasteiger partial charge < -0.3 is 20.2 Å². The lowest BCUT2D eigenvalue weighted by molar-refractivity contribution is -0.134. The smallest absolute Gasteiger partial charge is 0.407 e. The largest absolute Gasteiger partial charge is 0.465 e. The van der Waals surface area contributed by atoms with Crippen LogP contribution in [0.2, 0.25) is 0 Å². The fourth-order valence-electron chi connectivity index (χ4n) is 2.93. The summed E-state index contributed by atoms with van der Waals surface area (Å²) in [5.41, 5.74) is 0.968. The van der Waals surface area contributed by atoms with Gasteiger partial charge >= 0.3 is 6.09 Å². The summed E-state index contributed by atoms with van der Waals surface area (Å²) in [5, 5.41) is 13.7. The Morgan fingerprint density at radius 2 is 1.92 bits per heavy atom. The van der Waals surface area contributed by atoms with Crippen LogP contribution in [0.1, 0.15) is 23.3 Å². The van der Waals surface area contributed by atoms with Crippen molar-refractivity contribution in [1.29, 1.82) is 0 Å². The molecule has 0 saturated carbocycles. The van der Waals surface area contributed by atoms with Gasteiger partial charge in [-0.2, -0.15) is 0 Å². The number of carboxylic acid groups (broad SMARTS) is 1. The van der Waals surface area contributed by atoms with Crippen LogP contribution in [0.4, 0.5) is 10.5 Å². The topological polar surface area (TPSA) is 132 Å². The zero-order valence-electron chi connectivity index (χ0n) is 14.0. The third-order valence-electron chi connectivity index (χ3n) is 4.44. The summed E-state index contributed by atoms with van der Waals surface area (Å²) in [6.07, 6.45) is 1.08. The number of carbonyl (C=O) groups is 4. The van der Waals surface area contributed by atoms with Gasteiger partial charge in [0, 0.05) is 32.6 Å². The van der Waals surface area contributed by atoms with Gasteiger partial charge in [-0.1, -0.05) is 0 Å². The third-order valence-corrected chi connectivity index (χ3v) is 4.44. The van der Waals surface area contributed by atoms with Crippen LogP contribution < -0.4 is 15.5 Å². The molecule has 4 amide bonds. The molecule has 3 rings (SSSR count). The van der Waals surface area contributed by atoms with Crippen molar-refractivity contribution in [3.8, 4) is 0 Å². The zero-order valence-corrected chi connectivity index (χ0v) is 14.0. The van der Waals surface area contributed by atoms with Gasteiger partial charge in [0.15, 0.2) is 0 Å². The Hall–Kier alpha value is -3.17. The average molecular weight is 361 g/mol. The maximum atomic E-state index is 12.2. The Balaban J connectivity index is 1.57. The van der Waals surface area contributed by atoms with Gasteiger partial charge in [-0.15, -0.1) is 0 Å². The summed E-state index contributed by atoms with van der Waals surface area (Å²) in [4.78, 5) is 53.4. The first-order valence-corrected chi connectivity index (χ1v) is 8.27. The lowest BCUT2D eigenvalue weighted by Gasteiger charge is -2.34. The third kappa shape index (κ3) is 3.90. The second-order valence-electron chi connectivity index (χ2n) is 6.14. The highest BCUT2D eigenvalue weighted by Gasteiger charge is 2.28. The van der Waals surface area contributed by atoms with E-state index in [1.807, 2.05) is 4.90 Å². The number of pyridine rings is 1. The molecule has 0 aromatic carbocycles. The highest BCUT2D eigenvalue weighted by molar-refractivity contribution is 6.03. The van der Waals surface area contributed by atoms with E-state index in [-0.39, 0.29) is 24.4 Å². The van der Waals surface area contributed by atoms with Gasteiger partial charge in [0.25, 0.3) is 5.91 Å². The van der Waals surface area contributed by atoms with E-state index in [1.54, 1.807) is 18.3 Å². The first-order valence-electron chi connectivity index (χ1n) is 8.27. The van der Waals surface area contributed by atoms with E-state index < -0.39 is 23.9 Å². The molecule has 26 heavy (non-hydrogen) atoms. The van der Waals surface area contributed by atoms with Crippen LogP contribution >= 0.6 is 0 Å². The summed E-state index contributed by atoms with van der Waals surface area (Å²) in [6.45, 7) is 1.92. The highest BCUT2D eigenvalue weighted by atomic mass is 16.4. The number of aromatic nitrogens is 1. The van der Waals surface area contributed by atoms with Gasteiger partial charge in [0.1, 0.15) is 11.7 Å². The molecule has 138 valence electrons. The molecule has 2 aliphatic rings.